The molecule has 2 aromatic carbocycles. The lowest BCUT2D eigenvalue weighted by Gasteiger charge is -2.08. The summed E-state index contributed by atoms with van der Waals surface area (Å²) in [7, 11) is 0.00178. The van der Waals surface area contributed by atoms with Crippen molar-refractivity contribution >= 4 is 28.1 Å². The molecule has 3 nitrogen and oxygen atoms in total. The van der Waals surface area contributed by atoms with E-state index >= 15 is 0 Å². The highest BCUT2D eigenvalue weighted by Crippen LogP contribution is 2.24. The van der Waals surface area contributed by atoms with E-state index in [0.717, 1.165) is 0 Å². The van der Waals surface area contributed by atoms with Crippen molar-refractivity contribution in [3.63, 3.8) is 0 Å². The molecule has 106 valence electrons. The molecule has 2 N–H and O–H groups in total. The topological polar surface area (TPSA) is 52.3 Å². The van der Waals surface area contributed by atoms with Crippen LogP contribution in [0.15, 0.2) is 41.3 Å². The monoisotopic (exact) mass is 313 g/mol. The van der Waals surface area contributed by atoms with E-state index in [-0.39, 0.29) is 11.5 Å². The van der Waals surface area contributed by atoms with E-state index in [4.69, 9.17) is 22.1 Å². The Hall–Kier alpha value is -1.59. The summed E-state index contributed by atoms with van der Waals surface area (Å²) in [6.45, 7) is 0. The molecule has 0 bridgehead atoms. The van der Waals surface area contributed by atoms with Gasteiger partial charge >= 0.3 is 0 Å². The number of nitrogen functional groups attached to an aromatic ring is 1. The lowest BCUT2D eigenvalue weighted by Crippen LogP contribution is -2.01. The van der Waals surface area contributed by atoms with Crippen molar-refractivity contribution in [2.45, 2.75) is 10.6 Å². The van der Waals surface area contributed by atoms with Crippen LogP contribution in [0.25, 0.3) is 0 Å². The van der Waals surface area contributed by atoms with Gasteiger partial charge in [-0.15, -0.1) is 0 Å². The van der Waals surface area contributed by atoms with Gasteiger partial charge in [-0.1, -0.05) is 17.7 Å². The first-order chi connectivity index (χ1) is 9.51. The maximum absolute atomic E-state index is 13.6. The number of ether oxygens (including phenoxy) is 1. The molecule has 0 amide bonds. The third-order valence-electron chi connectivity index (χ3n) is 2.73. The Kier molecular flexibility index (Phi) is 4.62. The predicted octanol–water partition coefficient (Wildman–Crippen LogP) is 3.38. The second-order valence-corrected chi connectivity index (χ2v) is 6.00. The van der Waals surface area contributed by atoms with E-state index in [0.29, 0.717) is 21.2 Å². The van der Waals surface area contributed by atoms with Gasteiger partial charge in [-0.2, -0.15) is 0 Å². The van der Waals surface area contributed by atoms with Crippen LogP contribution in [0, 0.1) is 5.82 Å². The third kappa shape index (κ3) is 3.29. The smallest absolute Gasteiger partial charge is 0.165 e. The summed E-state index contributed by atoms with van der Waals surface area (Å²) in [4.78, 5) is 0.453. The van der Waals surface area contributed by atoms with E-state index in [1.807, 2.05) is 0 Å². The quantitative estimate of drug-likeness (QED) is 0.880. The highest BCUT2D eigenvalue weighted by Gasteiger charge is 2.11. The van der Waals surface area contributed by atoms with Gasteiger partial charge in [-0.05, 0) is 35.9 Å². The Morgan fingerprint density at radius 1 is 1.30 bits per heavy atom. The molecule has 0 fully saturated rings. The molecule has 2 rings (SSSR count). The molecule has 6 heteroatoms. The van der Waals surface area contributed by atoms with Crippen LogP contribution in [-0.2, 0) is 16.6 Å². The predicted molar refractivity (Wildman–Crippen MR) is 78.9 cm³/mol. The van der Waals surface area contributed by atoms with Crippen LogP contribution >= 0.6 is 11.6 Å². The summed E-state index contributed by atoms with van der Waals surface area (Å²) in [5.74, 6) is -0.172. The molecule has 0 aliphatic carbocycles. The molecule has 0 saturated carbocycles. The van der Waals surface area contributed by atoms with Crippen molar-refractivity contribution in [3.8, 4) is 5.75 Å². The molecular formula is C14H13ClFNO2S. The number of anilines is 1. The SMILES string of the molecule is COc1ccc(CS(=O)c2cc(Cl)ccc2N)cc1F. The number of halogens is 2. The summed E-state index contributed by atoms with van der Waals surface area (Å²) < 4.78 is 30.7. The zero-order valence-electron chi connectivity index (χ0n) is 10.7. The first-order valence-corrected chi connectivity index (χ1v) is 7.46. The number of hydrogen-bond donors (Lipinski definition) is 1. The molecule has 0 aliphatic heterocycles. The average molecular weight is 314 g/mol. The van der Waals surface area contributed by atoms with Gasteiger partial charge < -0.3 is 10.5 Å². The number of rotatable bonds is 4. The molecule has 0 heterocycles. The lowest BCUT2D eigenvalue weighted by atomic mass is 10.2. The second kappa shape index (κ2) is 6.24. The van der Waals surface area contributed by atoms with Gasteiger partial charge in [0, 0.05) is 10.7 Å². The first-order valence-electron chi connectivity index (χ1n) is 5.77. The van der Waals surface area contributed by atoms with Crippen LogP contribution in [-0.4, -0.2) is 11.3 Å². The van der Waals surface area contributed by atoms with Gasteiger partial charge in [-0.25, -0.2) is 4.39 Å². The molecule has 0 aromatic heterocycles. The highest BCUT2D eigenvalue weighted by atomic mass is 35.5. The summed E-state index contributed by atoms with van der Waals surface area (Å²) in [6, 6.07) is 9.27. The van der Waals surface area contributed by atoms with E-state index < -0.39 is 16.6 Å². The lowest BCUT2D eigenvalue weighted by molar-refractivity contribution is 0.386. The number of benzene rings is 2. The zero-order chi connectivity index (χ0) is 14.7. The standard InChI is InChI=1S/C14H13ClFNO2S/c1-19-13-5-2-9(6-11(13)16)8-20(18)14-7-10(15)3-4-12(14)17/h2-7H,8,17H2,1H3. The number of methoxy groups -OCH3 is 1. The normalized spacial score (nSPS) is 12.2. The Morgan fingerprint density at radius 2 is 2.05 bits per heavy atom. The van der Waals surface area contributed by atoms with Crippen molar-refractivity contribution < 1.29 is 13.3 Å². The van der Waals surface area contributed by atoms with E-state index in [1.54, 1.807) is 24.3 Å². The van der Waals surface area contributed by atoms with Gasteiger partial charge in [0.15, 0.2) is 11.6 Å². The minimum atomic E-state index is -1.39. The van der Waals surface area contributed by atoms with Gasteiger partial charge in [0.2, 0.25) is 0 Å². The molecule has 20 heavy (non-hydrogen) atoms. The van der Waals surface area contributed by atoms with Crippen molar-refractivity contribution in [1.29, 1.82) is 0 Å². The Balaban J connectivity index is 2.23. The fraction of sp³-hybridized carbons (Fsp3) is 0.143. The van der Waals surface area contributed by atoms with Crippen molar-refractivity contribution in [3.05, 3.63) is 52.8 Å². The van der Waals surface area contributed by atoms with Crippen molar-refractivity contribution in [1.82, 2.24) is 0 Å². The Labute approximate surface area is 124 Å². The van der Waals surface area contributed by atoms with E-state index in [2.05, 4.69) is 0 Å². The summed E-state index contributed by atoms with van der Waals surface area (Å²) in [5, 5.41) is 0.462. The van der Waals surface area contributed by atoms with Crippen LogP contribution in [0.4, 0.5) is 10.1 Å². The molecule has 0 spiro atoms. The Morgan fingerprint density at radius 3 is 2.70 bits per heavy atom. The highest BCUT2D eigenvalue weighted by molar-refractivity contribution is 7.84. The average Bonchev–Trinajstić information content (AvgIpc) is 2.41. The summed E-state index contributed by atoms with van der Waals surface area (Å²) in [6.07, 6.45) is 0. The number of nitrogens with two attached hydrogens (primary N) is 1. The van der Waals surface area contributed by atoms with Gasteiger partial charge in [0.05, 0.1) is 28.6 Å². The fourth-order valence-corrected chi connectivity index (χ4v) is 3.20. The molecule has 1 unspecified atom stereocenters. The van der Waals surface area contributed by atoms with Crippen molar-refractivity contribution in [2.24, 2.45) is 0 Å². The van der Waals surface area contributed by atoms with E-state index in [1.165, 1.54) is 19.2 Å². The summed E-state index contributed by atoms with van der Waals surface area (Å²) in [5.41, 5.74) is 6.78. The minimum Gasteiger partial charge on any atom is -0.494 e. The van der Waals surface area contributed by atoms with Crippen LogP contribution in [0.5, 0.6) is 5.75 Å². The zero-order valence-corrected chi connectivity index (χ0v) is 12.3. The van der Waals surface area contributed by atoms with Crippen LogP contribution < -0.4 is 10.5 Å². The first kappa shape index (κ1) is 14.8. The number of hydrogen-bond acceptors (Lipinski definition) is 3. The van der Waals surface area contributed by atoms with Gasteiger partial charge in [0.25, 0.3) is 0 Å². The molecule has 0 aliphatic rings. The maximum Gasteiger partial charge on any atom is 0.165 e. The fourth-order valence-electron chi connectivity index (χ4n) is 1.73. The molecule has 0 radical (unpaired) electrons. The van der Waals surface area contributed by atoms with Gasteiger partial charge in [0.1, 0.15) is 0 Å². The largest absolute Gasteiger partial charge is 0.494 e. The molecule has 1 atom stereocenters. The van der Waals surface area contributed by atoms with Crippen molar-refractivity contribution in [2.75, 3.05) is 12.8 Å². The third-order valence-corrected chi connectivity index (χ3v) is 4.41. The summed E-state index contributed by atoms with van der Waals surface area (Å²) >= 11 is 5.86. The molecule has 0 saturated heterocycles. The second-order valence-electron chi connectivity index (χ2n) is 4.14. The molecule has 2 aromatic rings. The van der Waals surface area contributed by atoms with E-state index in [9.17, 15) is 8.60 Å². The van der Waals surface area contributed by atoms with Gasteiger partial charge in [-0.3, -0.25) is 4.21 Å². The Bertz CT molecular complexity index is 664. The molecular weight excluding hydrogens is 301 g/mol. The van der Waals surface area contributed by atoms with Crippen LogP contribution in [0.3, 0.4) is 0 Å². The van der Waals surface area contributed by atoms with Crippen LogP contribution in [0.2, 0.25) is 5.02 Å². The maximum atomic E-state index is 13.6. The minimum absolute atomic E-state index is 0.154. The van der Waals surface area contributed by atoms with Crippen LogP contribution in [0.1, 0.15) is 5.56 Å².